The summed E-state index contributed by atoms with van der Waals surface area (Å²) in [5.41, 5.74) is 0.278. The van der Waals surface area contributed by atoms with Gasteiger partial charge < -0.3 is 35.0 Å². The van der Waals surface area contributed by atoms with Gasteiger partial charge in [0.2, 0.25) is 5.60 Å². The van der Waals surface area contributed by atoms with E-state index in [4.69, 9.17) is 21.1 Å². The molecule has 5 atom stereocenters. The van der Waals surface area contributed by atoms with Crippen LogP contribution in [0.3, 0.4) is 0 Å². The Morgan fingerprint density at radius 2 is 2.09 bits per heavy atom. The second kappa shape index (κ2) is 14.5. The highest BCUT2D eigenvalue weighted by molar-refractivity contribution is 6.31. The quantitative estimate of drug-likeness (QED) is 0.142. The fourth-order valence-corrected chi connectivity index (χ4v) is 5.84. The summed E-state index contributed by atoms with van der Waals surface area (Å²) in [4.78, 5) is 23.4. The molecule has 14 nitrogen and oxygen atoms in total. The largest absolute Gasteiger partial charge is 0.448 e. The number of nitrogens with one attached hydrogen (secondary N) is 2. The summed E-state index contributed by atoms with van der Waals surface area (Å²) in [6.45, 7) is 5.93. The van der Waals surface area contributed by atoms with Gasteiger partial charge >= 0.3 is 6.09 Å². The minimum atomic E-state index is -2.00. The molecule has 0 radical (unpaired) electrons. The molecule has 5 N–H and O–H groups in total. The van der Waals surface area contributed by atoms with Gasteiger partial charge in [0.1, 0.15) is 42.8 Å². The van der Waals surface area contributed by atoms with E-state index in [1.807, 2.05) is 30.3 Å². The molecule has 1 fully saturated rings. The first-order valence-electron chi connectivity index (χ1n) is 15.1. The number of aliphatic hydroxyl groups excluding tert-OH is 3. The summed E-state index contributed by atoms with van der Waals surface area (Å²) in [5.74, 6) is 0.116. The Kier molecular flexibility index (Phi) is 10.5. The lowest BCUT2D eigenvalue weighted by atomic mass is 9.92. The second-order valence-electron chi connectivity index (χ2n) is 11.1. The molecule has 4 aromatic rings. The van der Waals surface area contributed by atoms with E-state index < -0.39 is 36.6 Å². The van der Waals surface area contributed by atoms with Crippen molar-refractivity contribution in [2.75, 3.05) is 43.5 Å². The van der Waals surface area contributed by atoms with Crippen LogP contribution in [0.5, 0.6) is 0 Å². The Hall–Kier alpha value is -4.10. The van der Waals surface area contributed by atoms with Gasteiger partial charge in [-0.15, -0.1) is 0 Å². The van der Waals surface area contributed by atoms with Gasteiger partial charge in [-0.05, 0) is 69.3 Å². The van der Waals surface area contributed by atoms with E-state index in [-0.39, 0.29) is 24.2 Å². The number of halogens is 1. The number of anilines is 2. The van der Waals surface area contributed by atoms with E-state index in [1.165, 1.54) is 16.9 Å². The van der Waals surface area contributed by atoms with Gasteiger partial charge in [0, 0.05) is 34.9 Å². The van der Waals surface area contributed by atoms with Crippen LogP contribution >= 0.6 is 11.6 Å². The number of benzene rings is 1. The first kappa shape index (κ1) is 33.3. The van der Waals surface area contributed by atoms with E-state index >= 15 is 0 Å². The monoisotopic (exact) mass is 652 g/mol. The van der Waals surface area contributed by atoms with Crippen LogP contribution < -0.4 is 10.6 Å². The van der Waals surface area contributed by atoms with Crippen molar-refractivity contribution in [3.8, 4) is 6.07 Å². The molecule has 1 aliphatic rings. The normalized spacial score (nSPS) is 21.8. The fraction of sp³-hybridized carbons (Fsp3) is 0.452. The molecule has 1 saturated heterocycles. The number of aliphatic hydroxyl groups is 3. The number of hydrogen-bond acceptors (Lipinski definition) is 12. The Labute approximate surface area is 270 Å². The number of carbonyl (C=O) groups is 1. The molecule has 0 bridgehead atoms. The summed E-state index contributed by atoms with van der Waals surface area (Å²) in [6.07, 6.45) is -0.194. The number of aromatic nitrogens is 4. The van der Waals surface area contributed by atoms with E-state index in [1.54, 1.807) is 12.3 Å². The molecule has 4 heterocycles. The molecular formula is C31H37ClN8O6. The number of nitrogens with zero attached hydrogens (tertiary/aromatic N) is 6. The predicted octanol–water partition coefficient (Wildman–Crippen LogP) is 2.91. The molecule has 1 aromatic carbocycles. The molecule has 1 amide bonds. The number of pyridine rings is 1. The molecule has 46 heavy (non-hydrogen) atoms. The van der Waals surface area contributed by atoms with Crippen LogP contribution in [0.4, 0.5) is 16.3 Å². The minimum Gasteiger partial charge on any atom is -0.448 e. The van der Waals surface area contributed by atoms with Crippen LogP contribution in [0.15, 0.2) is 48.9 Å². The fourth-order valence-electron chi connectivity index (χ4n) is 5.67. The number of amides is 1. The number of nitriles is 1. The van der Waals surface area contributed by atoms with Crippen LogP contribution in [0.1, 0.15) is 32.4 Å². The summed E-state index contributed by atoms with van der Waals surface area (Å²) in [7, 11) is 0. The Bertz CT molecular complexity index is 1720. The van der Waals surface area contributed by atoms with Crippen LogP contribution in [0.2, 0.25) is 5.02 Å². The first-order chi connectivity index (χ1) is 22.2. The maximum Gasteiger partial charge on any atom is 0.412 e. The van der Waals surface area contributed by atoms with Gasteiger partial charge in [0.15, 0.2) is 5.82 Å². The van der Waals surface area contributed by atoms with Crippen molar-refractivity contribution in [1.29, 1.82) is 5.26 Å². The van der Waals surface area contributed by atoms with Crippen molar-refractivity contribution < 1.29 is 29.6 Å². The highest BCUT2D eigenvalue weighted by Gasteiger charge is 2.57. The lowest BCUT2D eigenvalue weighted by Gasteiger charge is -2.24. The highest BCUT2D eigenvalue weighted by Crippen LogP contribution is 2.40. The van der Waals surface area contributed by atoms with Crippen LogP contribution in [-0.2, 0) is 15.1 Å². The maximum atomic E-state index is 12.7. The number of ether oxygens (including phenoxy) is 2. The lowest BCUT2D eigenvalue weighted by Crippen LogP contribution is -2.41. The van der Waals surface area contributed by atoms with E-state index in [0.717, 1.165) is 42.5 Å². The van der Waals surface area contributed by atoms with Gasteiger partial charge in [0.05, 0.1) is 17.8 Å². The third-order valence-corrected chi connectivity index (χ3v) is 8.40. The topological polar surface area (TPSA) is 190 Å². The number of carbonyl (C=O) groups excluding carboxylic acids is 1. The predicted molar refractivity (Wildman–Crippen MR) is 170 cm³/mol. The molecular weight excluding hydrogens is 616 g/mol. The molecule has 244 valence electrons. The summed E-state index contributed by atoms with van der Waals surface area (Å²) < 4.78 is 12.3. The van der Waals surface area contributed by atoms with Gasteiger partial charge in [-0.1, -0.05) is 18.5 Å². The van der Waals surface area contributed by atoms with E-state index in [0.29, 0.717) is 17.1 Å². The van der Waals surface area contributed by atoms with Crippen LogP contribution in [0.25, 0.3) is 16.4 Å². The third-order valence-electron chi connectivity index (χ3n) is 8.16. The SMILES string of the molecule is CCN(CCCC(C)Nc1ccnc2cc(Cl)ccc12)CCOC(=O)Nc1ncnn2c([C@]3(C#N)O[C@H](CO)[C@@H](O)[C@H]3O)ccc12. The average molecular weight is 653 g/mol. The van der Waals surface area contributed by atoms with Gasteiger partial charge in [-0.3, -0.25) is 10.3 Å². The zero-order valence-electron chi connectivity index (χ0n) is 25.5. The van der Waals surface area contributed by atoms with Crippen LogP contribution in [0, 0.1) is 11.3 Å². The molecule has 5 rings (SSSR count). The van der Waals surface area contributed by atoms with Gasteiger partial charge in [-0.2, -0.15) is 10.4 Å². The molecule has 1 unspecified atom stereocenters. The van der Waals surface area contributed by atoms with Crippen molar-refractivity contribution in [2.24, 2.45) is 0 Å². The Morgan fingerprint density at radius 1 is 1.26 bits per heavy atom. The summed E-state index contributed by atoms with van der Waals surface area (Å²) >= 11 is 6.11. The Morgan fingerprint density at radius 3 is 2.83 bits per heavy atom. The summed E-state index contributed by atoms with van der Waals surface area (Å²) in [6, 6.07) is 12.8. The van der Waals surface area contributed by atoms with Gasteiger partial charge in [0.25, 0.3) is 0 Å². The third kappa shape index (κ3) is 6.85. The standard InChI is InChI=1S/C31H37ClN8O6/c1-3-39(12-4-5-19(2)37-22-10-11-34-23-15-20(32)6-7-21(22)23)13-14-45-30(44)38-29-24-8-9-26(40(24)36-18-35-29)31(17-33)28(43)27(42)25(16-41)46-31/h6-11,15,18-19,25,27-28,41-43H,3-5,12-14,16H2,1-2H3,(H,34,37)(H,35,36,38,44)/t19?,25-,27-,28-,31+/m1/s1. The highest BCUT2D eigenvalue weighted by atomic mass is 35.5. The molecule has 0 aliphatic carbocycles. The van der Waals surface area contributed by atoms with Crippen molar-refractivity contribution in [3.05, 3.63) is 59.6 Å². The zero-order chi connectivity index (χ0) is 32.8. The average Bonchev–Trinajstić information content (AvgIpc) is 3.60. The maximum absolute atomic E-state index is 12.7. The lowest BCUT2D eigenvalue weighted by molar-refractivity contribution is -0.0643. The minimum absolute atomic E-state index is 0.105. The Balaban J connectivity index is 1.11. The molecule has 1 aliphatic heterocycles. The number of rotatable bonds is 13. The molecule has 0 spiro atoms. The van der Waals surface area contributed by atoms with Crippen LogP contribution in [-0.4, -0.2) is 103 Å². The second-order valence-corrected chi connectivity index (χ2v) is 11.6. The zero-order valence-corrected chi connectivity index (χ0v) is 26.3. The number of fused-ring (bicyclic) bond motifs is 2. The number of likely N-dealkylation sites (N-methyl/N-ethyl adjacent to an activating group) is 1. The van der Waals surface area contributed by atoms with Crippen molar-refractivity contribution in [1.82, 2.24) is 24.5 Å². The summed E-state index contributed by atoms with van der Waals surface area (Å²) in [5, 5.41) is 52.3. The molecule has 0 saturated carbocycles. The molecule has 15 heteroatoms. The van der Waals surface area contributed by atoms with Gasteiger partial charge in [-0.25, -0.2) is 14.3 Å². The number of hydrogen-bond donors (Lipinski definition) is 5. The smallest absolute Gasteiger partial charge is 0.412 e. The van der Waals surface area contributed by atoms with Crippen molar-refractivity contribution in [2.45, 2.75) is 56.6 Å². The van der Waals surface area contributed by atoms with E-state index in [2.05, 4.69) is 44.4 Å². The van der Waals surface area contributed by atoms with Crippen molar-refractivity contribution >= 4 is 45.6 Å². The first-order valence-corrected chi connectivity index (χ1v) is 15.4. The van der Waals surface area contributed by atoms with E-state index in [9.17, 15) is 25.4 Å². The molecule has 3 aromatic heterocycles. The van der Waals surface area contributed by atoms with Crippen molar-refractivity contribution in [3.63, 3.8) is 0 Å².